The normalized spacial score (nSPS) is 9.83. The van der Waals surface area contributed by atoms with Crippen LogP contribution in [0.4, 0.5) is 11.4 Å². The second-order valence-corrected chi connectivity index (χ2v) is 3.93. The largest absolute Gasteiger partial charge is 0.385 e. The van der Waals surface area contributed by atoms with Gasteiger partial charge in [-0.2, -0.15) is 0 Å². The van der Waals surface area contributed by atoms with Gasteiger partial charge in [-0.3, -0.25) is 4.79 Å². The molecular weight excluding hydrogens is 224 g/mol. The number of nitrogens with one attached hydrogen (secondary N) is 2. The SMILES string of the molecule is CCNc1cccc(NC(=O)c2ccccc2)c1. The molecule has 0 unspecified atom stereocenters. The van der Waals surface area contributed by atoms with E-state index in [-0.39, 0.29) is 5.91 Å². The van der Waals surface area contributed by atoms with Gasteiger partial charge in [0.2, 0.25) is 0 Å². The van der Waals surface area contributed by atoms with Gasteiger partial charge in [0, 0.05) is 23.5 Å². The Bertz CT molecular complexity index is 523. The third-order valence-electron chi connectivity index (χ3n) is 2.54. The molecule has 0 heterocycles. The molecule has 1 amide bonds. The third-order valence-corrected chi connectivity index (χ3v) is 2.54. The van der Waals surface area contributed by atoms with Crippen molar-refractivity contribution >= 4 is 17.3 Å². The second kappa shape index (κ2) is 5.87. The molecule has 0 saturated carbocycles. The van der Waals surface area contributed by atoms with Gasteiger partial charge in [0.25, 0.3) is 5.91 Å². The zero-order valence-corrected chi connectivity index (χ0v) is 10.3. The van der Waals surface area contributed by atoms with Crippen molar-refractivity contribution in [2.75, 3.05) is 17.2 Å². The first-order chi connectivity index (χ1) is 8.79. The molecule has 3 heteroatoms. The van der Waals surface area contributed by atoms with E-state index in [1.54, 1.807) is 12.1 Å². The average Bonchev–Trinajstić information content (AvgIpc) is 2.40. The van der Waals surface area contributed by atoms with E-state index in [4.69, 9.17) is 0 Å². The lowest BCUT2D eigenvalue weighted by molar-refractivity contribution is 0.102. The van der Waals surface area contributed by atoms with Gasteiger partial charge in [-0.05, 0) is 37.3 Å². The zero-order chi connectivity index (χ0) is 12.8. The van der Waals surface area contributed by atoms with Crippen LogP contribution < -0.4 is 10.6 Å². The van der Waals surface area contributed by atoms with Gasteiger partial charge in [0.05, 0.1) is 0 Å². The van der Waals surface area contributed by atoms with Crippen molar-refractivity contribution in [3.05, 3.63) is 60.2 Å². The lowest BCUT2D eigenvalue weighted by Crippen LogP contribution is -2.11. The highest BCUT2D eigenvalue weighted by atomic mass is 16.1. The molecule has 3 nitrogen and oxygen atoms in total. The number of benzene rings is 2. The third kappa shape index (κ3) is 3.10. The van der Waals surface area contributed by atoms with Crippen LogP contribution in [0.25, 0.3) is 0 Å². The molecule has 0 bridgehead atoms. The smallest absolute Gasteiger partial charge is 0.255 e. The van der Waals surface area contributed by atoms with Crippen LogP contribution in [-0.2, 0) is 0 Å². The molecule has 0 saturated heterocycles. The van der Waals surface area contributed by atoms with E-state index in [1.807, 2.05) is 49.4 Å². The lowest BCUT2D eigenvalue weighted by Gasteiger charge is -2.08. The summed E-state index contributed by atoms with van der Waals surface area (Å²) in [5.41, 5.74) is 2.46. The first kappa shape index (κ1) is 12.2. The summed E-state index contributed by atoms with van der Waals surface area (Å²) < 4.78 is 0. The van der Waals surface area contributed by atoms with E-state index >= 15 is 0 Å². The fraction of sp³-hybridized carbons (Fsp3) is 0.133. The standard InChI is InChI=1S/C15H16N2O/c1-2-16-13-9-6-10-14(11-13)17-15(18)12-7-4-3-5-8-12/h3-11,16H,2H2,1H3,(H,17,18). The first-order valence-corrected chi connectivity index (χ1v) is 6.00. The van der Waals surface area contributed by atoms with Gasteiger partial charge in [0.15, 0.2) is 0 Å². The quantitative estimate of drug-likeness (QED) is 0.860. The summed E-state index contributed by atoms with van der Waals surface area (Å²) >= 11 is 0. The molecule has 0 fully saturated rings. The fourth-order valence-electron chi connectivity index (χ4n) is 1.70. The Hall–Kier alpha value is -2.29. The molecule has 2 rings (SSSR count). The average molecular weight is 240 g/mol. The summed E-state index contributed by atoms with van der Waals surface area (Å²) in [6.45, 7) is 2.89. The Morgan fingerprint density at radius 2 is 1.72 bits per heavy atom. The summed E-state index contributed by atoms with van der Waals surface area (Å²) in [6.07, 6.45) is 0. The lowest BCUT2D eigenvalue weighted by atomic mass is 10.2. The molecule has 0 aliphatic rings. The van der Waals surface area contributed by atoms with Crippen LogP contribution in [0.1, 0.15) is 17.3 Å². The van der Waals surface area contributed by atoms with Gasteiger partial charge in [-0.15, -0.1) is 0 Å². The maximum atomic E-state index is 12.0. The van der Waals surface area contributed by atoms with E-state index in [2.05, 4.69) is 10.6 Å². The predicted octanol–water partition coefficient (Wildman–Crippen LogP) is 3.37. The molecule has 0 aliphatic carbocycles. The maximum absolute atomic E-state index is 12.0. The van der Waals surface area contributed by atoms with Gasteiger partial charge in [-0.25, -0.2) is 0 Å². The Kier molecular flexibility index (Phi) is 3.97. The highest BCUT2D eigenvalue weighted by molar-refractivity contribution is 6.04. The predicted molar refractivity (Wildman–Crippen MR) is 75.0 cm³/mol. The van der Waals surface area contributed by atoms with Crippen molar-refractivity contribution in [2.24, 2.45) is 0 Å². The Morgan fingerprint density at radius 1 is 1.00 bits per heavy atom. The highest BCUT2D eigenvalue weighted by Gasteiger charge is 2.04. The van der Waals surface area contributed by atoms with Crippen molar-refractivity contribution in [2.45, 2.75) is 6.92 Å². The molecule has 18 heavy (non-hydrogen) atoms. The number of hydrogen-bond acceptors (Lipinski definition) is 2. The summed E-state index contributed by atoms with van der Waals surface area (Å²) in [7, 11) is 0. The van der Waals surface area contributed by atoms with Crippen LogP contribution in [-0.4, -0.2) is 12.5 Å². The summed E-state index contributed by atoms with van der Waals surface area (Å²) in [5.74, 6) is -0.0933. The van der Waals surface area contributed by atoms with Crippen LogP contribution in [0, 0.1) is 0 Å². The molecule has 0 spiro atoms. The number of anilines is 2. The van der Waals surface area contributed by atoms with Crippen LogP contribution >= 0.6 is 0 Å². The van der Waals surface area contributed by atoms with Crippen LogP contribution in [0.5, 0.6) is 0 Å². The minimum Gasteiger partial charge on any atom is -0.385 e. The van der Waals surface area contributed by atoms with Crippen molar-refractivity contribution in [1.29, 1.82) is 0 Å². The molecule has 0 aromatic heterocycles. The number of hydrogen-bond donors (Lipinski definition) is 2. The number of carbonyl (C=O) groups excluding carboxylic acids is 1. The topological polar surface area (TPSA) is 41.1 Å². The Labute approximate surface area is 107 Å². The minimum absolute atomic E-state index is 0.0933. The van der Waals surface area contributed by atoms with E-state index < -0.39 is 0 Å². The minimum atomic E-state index is -0.0933. The van der Waals surface area contributed by atoms with Crippen molar-refractivity contribution in [1.82, 2.24) is 0 Å². The molecular formula is C15H16N2O. The monoisotopic (exact) mass is 240 g/mol. The first-order valence-electron chi connectivity index (χ1n) is 6.00. The van der Waals surface area contributed by atoms with E-state index in [0.717, 1.165) is 17.9 Å². The molecule has 2 aromatic rings. The highest BCUT2D eigenvalue weighted by Crippen LogP contribution is 2.15. The van der Waals surface area contributed by atoms with Crippen molar-refractivity contribution in [3.8, 4) is 0 Å². The Morgan fingerprint density at radius 3 is 2.44 bits per heavy atom. The van der Waals surface area contributed by atoms with Gasteiger partial charge in [0.1, 0.15) is 0 Å². The number of amides is 1. The molecule has 0 atom stereocenters. The molecule has 92 valence electrons. The Balaban J connectivity index is 2.10. The second-order valence-electron chi connectivity index (χ2n) is 3.93. The van der Waals surface area contributed by atoms with Gasteiger partial charge >= 0.3 is 0 Å². The van der Waals surface area contributed by atoms with Crippen LogP contribution in [0.3, 0.4) is 0 Å². The van der Waals surface area contributed by atoms with E-state index in [1.165, 1.54) is 0 Å². The van der Waals surface area contributed by atoms with Gasteiger partial charge in [-0.1, -0.05) is 24.3 Å². The van der Waals surface area contributed by atoms with Crippen LogP contribution in [0.15, 0.2) is 54.6 Å². The van der Waals surface area contributed by atoms with Crippen molar-refractivity contribution < 1.29 is 4.79 Å². The molecule has 0 aliphatic heterocycles. The van der Waals surface area contributed by atoms with Gasteiger partial charge < -0.3 is 10.6 Å². The van der Waals surface area contributed by atoms with Crippen molar-refractivity contribution in [3.63, 3.8) is 0 Å². The molecule has 2 aromatic carbocycles. The van der Waals surface area contributed by atoms with Crippen LogP contribution in [0.2, 0.25) is 0 Å². The van der Waals surface area contributed by atoms with E-state index in [0.29, 0.717) is 5.56 Å². The summed E-state index contributed by atoms with van der Waals surface area (Å²) in [6, 6.07) is 16.9. The van der Waals surface area contributed by atoms with E-state index in [9.17, 15) is 4.79 Å². The number of carbonyl (C=O) groups is 1. The fourth-order valence-corrected chi connectivity index (χ4v) is 1.70. The summed E-state index contributed by atoms with van der Waals surface area (Å²) in [4.78, 5) is 12.0. The summed E-state index contributed by atoms with van der Waals surface area (Å²) in [5, 5.41) is 6.09. The number of rotatable bonds is 4. The zero-order valence-electron chi connectivity index (χ0n) is 10.3. The maximum Gasteiger partial charge on any atom is 0.255 e. The molecule has 2 N–H and O–H groups in total. The molecule has 0 radical (unpaired) electrons.